The summed E-state index contributed by atoms with van der Waals surface area (Å²) in [4.78, 5) is 33.3. The molecule has 10 nitrogen and oxygen atoms in total. The highest BCUT2D eigenvalue weighted by Crippen LogP contribution is 2.36. The van der Waals surface area contributed by atoms with E-state index in [-0.39, 0.29) is 24.4 Å². The van der Waals surface area contributed by atoms with E-state index in [1.807, 2.05) is 31.2 Å². The minimum atomic E-state index is -0.562. The van der Waals surface area contributed by atoms with Gasteiger partial charge in [-0.05, 0) is 36.8 Å². The van der Waals surface area contributed by atoms with E-state index in [1.54, 1.807) is 13.2 Å². The van der Waals surface area contributed by atoms with Gasteiger partial charge < -0.3 is 29.2 Å². The van der Waals surface area contributed by atoms with Crippen LogP contribution >= 0.6 is 0 Å². The van der Waals surface area contributed by atoms with Crippen LogP contribution in [0.5, 0.6) is 17.2 Å². The van der Waals surface area contributed by atoms with Crippen molar-refractivity contribution in [1.29, 1.82) is 0 Å². The molecule has 190 valence electrons. The summed E-state index contributed by atoms with van der Waals surface area (Å²) < 4.78 is 21.3. The zero-order valence-electron chi connectivity index (χ0n) is 20.6. The molecule has 0 aliphatic carbocycles. The molecule has 36 heavy (non-hydrogen) atoms. The number of carbonyl (C=O) groups is 2. The number of H-pyrrole nitrogens is 1. The number of fused-ring (bicyclic) bond motifs is 2. The highest BCUT2D eigenvalue weighted by Gasteiger charge is 2.29. The standard InChI is InChI=1S/C26H30N4O6/c1-16(30-11-9-29(10-12-30)14-17-7-8-19-21(13-17)36-15-35-19)25(31)28-23-22-18(5-4-6-20(22)33-2)27-24(23)26(32)34-3/h4-8,13,16,27H,9-12,14-15H2,1-3H3,(H,28,31)/t16-/m0/s1. The fourth-order valence-corrected chi connectivity index (χ4v) is 4.77. The number of benzene rings is 2. The van der Waals surface area contributed by atoms with Crippen LogP contribution in [0.15, 0.2) is 36.4 Å². The molecule has 1 fully saturated rings. The van der Waals surface area contributed by atoms with Crippen molar-refractivity contribution in [3.8, 4) is 17.2 Å². The first kappa shape index (κ1) is 24.0. The number of methoxy groups -OCH3 is 2. The zero-order valence-corrected chi connectivity index (χ0v) is 20.6. The molecule has 0 bridgehead atoms. The lowest BCUT2D eigenvalue weighted by Crippen LogP contribution is -2.52. The van der Waals surface area contributed by atoms with Crippen molar-refractivity contribution in [2.24, 2.45) is 0 Å². The molecule has 0 radical (unpaired) electrons. The number of aromatic amines is 1. The Morgan fingerprint density at radius 3 is 2.61 bits per heavy atom. The number of hydrogen-bond acceptors (Lipinski definition) is 8. The highest BCUT2D eigenvalue weighted by atomic mass is 16.7. The van der Waals surface area contributed by atoms with E-state index in [0.717, 1.165) is 44.2 Å². The molecule has 1 aromatic heterocycles. The number of hydrogen-bond donors (Lipinski definition) is 2. The third-order valence-corrected chi connectivity index (χ3v) is 6.82. The van der Waals surface area contributed by atoms with Crippen LogP contribution in [0, 0.1) is 0 Å². The minimum absolute atomic E-state index is 0.186. The quantitative estimate of drug-likeness (QED) is 0.483. The zero-order chi connectivity index (χ0) is 25.2. The Morgan fingerprint density at radius 1 is 1.08 bits per heavy atom. The Hall–Kier alpha value is -3.76. The van der Waals surface area contributed by atoms with Crippen LogP contribution in [0.2, 0.25) is 0 Å². The predicted octanol–water partition coefficient (Wildman–Crippen LogP) is 2.84. The average Bonchev–Trinajstić information content (AvgIpc) is 3.52. The molecule has 5 rings (SSSR count). The van der Waals surface area contributed by atoms with Gasteiger partial charge in [0.05, 0.1) is 36.9 Å². The fraction of sp³-hybridized carbons (Fsp3) is 0.385. The molecule has 0 saturated carbocycles. The summed E-state index contributed by atoms with van der Waals surface area (Å²) in [6.07, 6.45) is 0. The molecule has 2 aliphatic rings. The monoisotopic (exact) mass is 494 g/mol. The number of piperazine rings is 1. The molecule has 1 saturated heterocycles. The molecule has 10 heteroatoms. The van der Waals surface area contributed by atoms with Crippen LogP contribution in [0.3, 0.4) is 0 Å². The predicted molar refractivity (Wildman–Crippen MR) is 134 cm³/mol. The van der Waals surface area contributed by atoms with Gasteiger partial charge in [0.25, 0.3) is 0 Å². The Bertz CT molecular complexity index is 1280. The van der Waals surface area contributed by atoms with Crippen molar-refractivity contribution in [3.63, 3.8) is 0 Å². The van der Waals surface area contributed by atoms with E-state index in [4.69, 9.17) is 18.9 Å². The molecule has 2 N–H and O–H groups in total. The van der Waals surface area contributed by atoms with Gasteiger partial charge in [0.15, 0.2) is 11.5 Å². The van der Waals surface area contributed by atoms with Gasteiger partial charge in [-0.2, -0.15) is 0 Å². The first-order chi connectivity index (χ1) is 17.5. The van der Waals surface area contributed by atoms with Crippen molar-refractivity contribution < 1.29 is 28.5 Å². The third-order valence-electron chi connectivity index (χ3n) is 6.82. The first-order valence-corrected chi connectivity index (χ1v) is 11.9. The van der Waals surface area contributed by atoms with Gasteiger partial charge in [-0.15, -0.1) is 0 Å². The summed E-state index contributed by atoms with van der Waals surface area (Å²) in [5, 5.41) is 3.60. The minimum Gasteiger partial charge on any atom is -0.496 e. The first-order valence-electron chi connectivity index (χ1n) is 11.9. The van der Waals surface area contributed by atoms with E-state index in [9.17, 15) is 9.59 Å². The number of ether oxygens (including phenoxy) is 4. The van der Waals surface area contributed by atoms with Crippen LogP contribution in [-0.4, -0.2) is 79.9 Å². The molecular weight excluding hydrogens is 464 g/mol. The Kier molecular flexibility index (Phi) is 6.71. The van der Waals surface area contributed by atoms with Crippen LogP contribution in [-0.2, 0) is 16.1 Å². The van der Waals surface area contributed by atoms with Crippen molar-refractivity contribution in [3.05, 3.63) is 47.7 Å². The average molecular weight is 495 g/mol. The summed E-state index contributed by atoms with van der Waals surface area (Å²) in [6, 6.07) is 11.1. The maximum atomic E-state index is 13.3. The van der Waals surface area contributed by atoms with E-state index in [1.165, 1.54) is 12.7 Å². The van der Waals surface area contributed by atoms with Crippen molar-refractivity contribution in [1.82, 2.24) is 14.8 Å². The number of nitrogens with zero attached hydrogens (tertiary/aromatic N) is 2. The van der Waals surface area contributed by atoms with Gasteiger partial charge >= 0.3 is 5.97 Å². The summed E-state index contributed by atoms with van der Waals surface area (Å²) >= 11 is 0. The molecule has 0 spiro atoms. The second-order valence-corrected chi connectivity index (χ2v) is 8.91. The summed E-state index contributed by atoms with van der Waals surface area (Å²) in [6.45, 7) is 6.13. The molecule has 0 unspecified atom stereocenters. The topological polar surface area (TPSA) is 105 Å². The molecule has 2 aliphatic heterocycles. The van der Waals surface area contributed by atoms with Gasteiger partial charge in [0.1, 0.15) is 11.4 Å². The van der Waals surface area contributed by atoms with Crippen LogP contribution in [0.25, 0.3) is 10.9 Å². The van der Waals surface area contributed by atoms with Crippen LogP contribution in [0.4, 0.5) is 5.69 Å². The van der Waals surface area contributed by atoms with Gasteiger partial charge in [-0.25, -0.2) is 4.79 Å². The molecule has 1 amide bonds. The number of anilines is 1. The highest BCUT2D eigenvalue weighted by molar-refractivity contribution is 6.13. The van der Waals surface area contributed by atoms with Crippen LogP contribution < -0.4 is 19.5 Å². The smallest absolute Gasteiger partial charge is 0.356 e. The molecule has 1 atom stereocenters. The normalized spacial score (nSPS) is 16.6. The number of amides is 1. The maximum Gasteiger partial charge on any atom is 0.356 e. The van der Waals surface area contributed by atoms with E-state index in [0.29, 0.717) is 22.3 Å². The lowest BCUT2D eigenvalue weighted by Gasteiger charge is -2.37. The lowest BCUT2D eigenvalue weighted by atomic mass is 10.1. The Morgan fingerprint density at radius 2 is 1.86 bits per heavy atom. The Labute approximate surface area is 209 Å². The second kappa shape index (κ2) is 10.1. The number of aromatic nitrogens is 1. The largest absolute Gasteiger partial charge is 0.496 e. The van der Waals surface area contributed by atoms with Crippen molar-refractivity contribution >= 4 is 28.5 Å². The molecule has 2 aromatic carbocycles. The number of rotatable bonds is 7. The Balaban J connectivity index is 1.25. The maximum absolute atomic E-state index is 13.3. The van der Waals surface area contributed by atoms with Gasteiger partial charge in [-0.3, -0.25) is 14.6 Å². The summed E-state index contributed by atoms with van der Waals surface area (Å²) in [5.74, 6) is 1.37. The van der Waals surface area contributed by atoms with Crippen molar-refractivity contribution in [2.45, 2.75) is 19.5 Å². The SMILES string of the molecule is COC(=O)c1[nH]c2cccc(OC)c2c1NC(=O)[C@H](C)N1CCN(Cc2ccc3c(c2)OCO3)CC1. The fourth-order valence-electron chi connectivity index (χ4n) is 4.77. The third kappa shape index (κ3) is 4.57. The molecular formula is C26H30N4O6. The summed E-state index contributed by atoms with van der Waals surface area (Å²) in [5.41, 5.74) is 2.40. The van der Waals surface area contributed by atoms with Crippen LogP contribution in [0.1, 0.15) is 23.0 Å². The molecule has 3 aromatic rings. The van der Waals surface area contributed by atoms with Gasteiger partial charge in [0.2, 0.25) is 12.7 Å². The number of esters is 1. The van der Waals surface area contributed by atoms with E-state index >= 15 is 0 Å². The van der Waals surface area contributed by atoms with Crippen molar-refractivity contribution in [2.75, 3.05) is 52.5 Å². The second-order valence-electron chi connectivity index (χ2n) is 8.91. The number of carbonyl (C=O) groups excluding carboxylic acids is 2. The summed E-state index contributed by atoms with van der Waals surface area (Å²) in [7, 11) is 2.86. The van der Waals surface area contributed by atoms with E-state index < -0.39 is 5.97 Å². The van der Waals surface area contributed by atoms with Gasteiger partial charge in [0, 0.05) is 32.7 Å². The van der Waals surface area contributed by atoms with Gasteiger partial charge in [-0.1, -0.05) is 12.1 Å². The molecule has 3 heterocycles. The lowest BCUT2D eigenvalue weighted by molar-refractivity contribution is -0.121. The number of nitrogens with one attached hydrogen (secondary N) is 2. The van der Waals surface area contributed by atoms with E-state index in [2.05, 4.69) is 26.2 Å².